The normalized spacial score (nSPS) is 10.7. The monoisotopic (exact) mass is 439 g/mol. The number of Topliss-reactive ketones (excluding diaryl/α,β-unsaturated/α-hetero) is 1. The van der Waals surface area contributed by atoms with Crippen molar-refractivity contribution in [3.05, 3.63) is 56.3 Å². The van der Waals surface area contributed by atoms with Crippen LogP contribution in [0.25, 0.3) is 0 Å². The van der Waals surface area contributed by atoms with Gasteiger partial charge in [0.2, 0.25) is 5.78 Å². The van der Waals surface area contributed by atoms with Crippen molar-refractivity contribution in [1.29, 1.82) is 0 Å². The molecular weight excluding hydrogens is 417 g/mol. The quantitative estimate of drug-likeness (QED) is 0.444. The number of halogens is 2. The lowest BCUT2D eigenvalue weighted by atomic mass is 10.1. The molecule has 0 aliphatic carbocycles. The molecule has 0 N–H and O–H groups in total. The van der Waals surface area contributed by atoms with Crippen LogP contribution in [0.5, 0.6) is 0 Å². The molecule has 2 rings (SSSR count). The minimum absolute atomic E-state index is 0.162. The largest absolute Gasteiger partial charge is 0.462 e. The maximum Gasteiger partial charge on any atom is 0.340 e. The number of esters is 2. The molecule has 8 heteroatoms. The zero-order chi connectivity index (χ0) is 21.7. The van der Waals surface area contributed by atoms with E-state index in [0.29, 0.717) is 33.5 Å². The second kappa shape index (κ2) is 9.94. The van der Waals surface area contributed by atoms with Gasteiger partial charge < -0.3 is 14.0 Å². The van der Waals surface area contributed by atoms with Gasteiger partial charge in [0.15, 0.2) is 6.61 Å². The first-order valence-electron chi connectivity index (χ1n) is 9.21. The Labute approximate surface area is 179 Å². The molecule has 0 aliphatic heterocycles. The summed E-state index contributed by atoms with van der Waals surface area (Å²) in [5, 5.41) is 0.689. The maximum absolute atomic E-state index is 12.8. The van der Waals surface area contributed by atoms with Gasteiger partial charge in [0.05, 0.1) is 24.2 Å². The number of ketones is 1. The number of benzene rings is 1. The molecule has 0 radical (unpaired) electrons. The fourth-order valence-corrected chi connectivity index (χ4v) is 3.80. The lowest BCUT2D eigenvalue weighted by molar-refractivity contribution is -0.141. The standard InChI is InChI=1S/C21H23Cl2NO5/c1-5-24-12(3)19(20(13(24)4)21(27)28-6-2)17(25)11-29-18(26)10-14-15(22)8-7-9-16(14)23/h7-9H,5-6,10-11H2,1-4H3. The van der Waals surface area contributed by atoms with E-state index in [4.69, 9.17) is 32.7 Å². The third-order valence-electron chi connectivity index (χ3n) is 4.61. The summed E-state index contributed by atoms with van der Waals surface area (Å²) in [4.78, 5) is 37.4. The molecule has 0 saturated heterocycles. The third kappa shape index (κ3) is 5.00. The highest BCUT2D eigenvalue weighted by Crippen LogP contribution is 2.26. The van der Waals surface area contributed by atoms with Gasteiger partial charge in [-0.05, 0) is 39.8 Å². The summed E-state index contributed by atoms with van der Waals surface area (Å²) < 4.78 is 12.1. The van der Waals surface area contributed by atoms with Crippen LogP contribution >= 0.6 is 23.2 Å². The molecule has 2 aromatic rings. The number of nitrogens with zero attached hydrogens (tertiary/aromatic N) is 1. The highest BCUT2D eigenvalue weighted by atomic mass is 35.5. The Morgan fingerprint density at radius 1 is 0.966 bits per heavy atom. The van der Waals surface area contributed by atoms with Gasteiger partial charge in [0.25, 0.3) is 0 Å². The highest BCUT2D eigenvalue weighted by molar-refractivity contribution is 6.36. The van der Waals surface area contributed by atoms with Gasteiger partial charge in [0, 0.05) is 33.5 Å². The molecule has 0 aliphatic rings. The first-order chi connectivity index (χ1) is 13.7. The Morgan fingerprint density at radius 3 is 2.10 bits per heavy atom. The zero-order valence-corrected chi connectivity index (χ0v) is 18.3. The molecule has 0 spiro atoms. The minimum Gasteiger partial charge on any atom is -0.462 e. The summed E-state index contributed by atoms with van der Waals surface area (Å²) in [7, 11) is 0. The van der Waals surface area contributed by atoms with E-state index in [1.54, 1.807) is 39.0 Å². The van der Waals surface area contributed by atoms with E-state index in [1.165, 1.54) is 0 Å². The first-order valence-corrected chi connectivity index (χ1v) is 9.96. The van der Waals surface area contributed by atoms with Gasteiger partial charge in [-0.1, -0.05) is 29.3 Å². The Morgan fingerprint density at radius 2 is 1.55 bits per heavy atom. The summed E-state index contributed by atoms with van der Waals surface area (Å²) in [5.41, 5.74) is 2.13. The maximum atomic E-state index is 12.8. The van der Waals surface area contributed by atoms with Crippen LogP contribution in [0.1, 0.15) is 51.5 Å². The number of aromatic nitrogens is 1. The van der Waals surface area contributed by atoms with Crippen molar-refractivity contribution in [3.8, 4) is 0 Å². The third-order valence-corrected chi connectivity index (χ3v) is 5.31. The van der Waals surface area contributed by atoms with E-state index in [2.05, 4.69) is 0 Å². The molecule has 1 heterocycles. The molecule has 0 unspecified atom stereocenters. The van der Waals surface area contributed by atoms with E-state index in [9.17, 15) is 14.4 Å². The minimum atomic E-state index is -0.643. The average Bonchev–Trinajstić information content (AvgIpc) is 2.93. The van der Waals surface area contributed by atoms with Crippen LogP contribution in [0.4, 0.5) is 0 Å². The number of ether oxygens (including phenoxy) is 2. The Hall–Kier alpha value is -2.31. The molecule has 0 atom stereocenters. The van der Waals surface area contributed by atoms with Crippen molar-refractivity contribution in [3.63, 3.8) is 0 Å². The molecule has 156 valence electrons. The van der Waals surface area contributed by atoms with Crippen LogP contribution in [-0.4, -0.2) is 35.5 Å². The Bertz CT molecular complexity index is 929. The molecule has 6 nitrogen and oxygen atoms in total. The van der Waals surface area contributed by atoms with Gasteiger partial charge in [-0.3, -0.25) is 9.59 Å². The second-order valence-electron chi connectivity index (χ2n) is 6.35. The van der Waals surface area contributed by atoms with E-state index in [-0.39, 0.29) is 24.2 Å². The van der Waals surface area contributed by atoms with Gasteiger partial charge in [-0.25, -0.2) is 4.79 Å². The van der Waals surface area contributed by atoms with Crippen LogP contribution < -0.4 is 0 Å². The van der Waals surface area contributed by atoms with E-state index < -0.39 is 24.3 Å². The lowest BCUT2D eigenvalue weighted by Gasteiger charge is -2.09. The number of carbonyl (C=O) groups excluding carboxylic acids is 3. The second-order valence-corrected chi connectivity index (χ2v) is 7.16. The van der Waals surface area contributed by atoms with Crippen molar-refractivity contribution in [2.24, 2.45) is 0 Å². The molecule has 1 aromatic carbocycles. The summed E-state index contributed by atoms with van der Waals surface area (Å²) in [6, 6.07) is 4.91. The first kappa shape index (κ1) is 23.0. The number of hydrogen-bond acceptors (Lipinski definition) is 5. The molecular formula is C21H23Cl2NO5. The van der Waals surface area contributed by atoms with Gasteiger partial charge in [0.1, 0.15) is 0 Å². The van der Waals surface area contributed by atoms with Gasteiger partial charge in [-0.15, -0.1) is 0 Å². The zero-order valence-electron chi connectivity index (χ0n) is 16.8. The van der Waals surface area contributed by atoms with Crippen LogP contribution in [0.2, 0.25) is 10.0 Å². The molecule has 0 amide bonds. The van der Waals surface area contributed by atoms with E-state index >= 15 is 0 Å². The fraction of sp³-hybridized carbons (Fsp3) is 0.381. The van der Waals surface area contributed by atoms with Crippen LogP contribution in [0.3, 0.4) is 0 Å². The smallest absolute Gasteiger partial charge is 0.340 e. The number of rotatable bonds is 8. The van der Waals surface area contributed by atoms with Crippen molar-refractivity contribution in [2.75, 3.05) is 13.2 Å². The van der Waals surface area contributed by atoms with Crippen LogP contribution in [0.15, 0.2) is 18.2 Å². The van der Waals surface area contributed by atoms with Gasteiger partial charge >= 0.3 is 11.9 Å². The summed E-state index contributed by atoms with van der Waals surface area (Å²) in [6.45, 7) is 7.39. The topological polar surface area (TPSA) is 74.6 Å². The lowest BCUT2D eigenvalue weighted by Crippen LogP contribution is -2.19. The molecule has 0 saturated carbocycles. The molecule has 0 bridgehead atoms. The van der Waals surface area contributed by atoms with Crippen molar-refractivity contribution >= 4 is 40.9 Å². The van der Waals surface area contributed by atoms with Crippen molar-refractivity contribution in [1.82, 2.24) is 4.57 Å². The van der Waals surface area contributed by atoms with Crippen molar-refractivity contribution < 1.29 is 23.9 Å². The summed E-state index contributed by atoms with van der Waals surface area (Å²) >= 11 is 12.1. The Balaban J connectivity index is 2.20. The number of carbonyl (C=O) groups is 3. The van der Waals surface area contributed by atoms with Crippen LogP contribution in [-0.2, 0) is 27.2 Å². The predicted molar refractivity (Wildman–Crippen MR) is 111 cm³/mol. The van der Waals surface area contributed by atoms with E-state index in [1.807, 2.05) is 11.5 Å². The highest BCUT2D eigenvalue weighted by Gasteiger charge is 2.28. The average molecular weight is 440 g/mol. The summed E-state index contributed by atoms with van der Waals surface area (Å²) in [6.07, 6.45) is -0.162. The molecule has 29 heavy (non-hydrogen) atoms. The van der Waals surface area contributed by atoms with Crippen LogP contribution in [0, 0.1) is 13.8 Å². The number of hydrogen-bond donors (Lipinski definition) is 0. The molecule has 0 fully saturated rings. The Kier molecular flexibility index (Phi) is 7.88. The van der Waals surface area contributed by atoms with Crippen molar-refractivity contribution in [2.45, 2.75) is 40.7 Å². The predicted octanol–water partition coefficient (Wildman–Crippen LogP) is 4.58. The van der Waals surface area contributed by atoms with E-state index in [0.717, 1.165) is 0 Å². The summed E-state index contributed by atoms with van der Waals surface area (Å²) in [5.74, 6) is -1.69. The molecule has 1 aromatic heterocycles. The SMILES string of the molecule is CCOC(=O)c1c(C(=O)COC(=O)Cc2c(Cl)cccc2Cl)c(C)n(CC)c1C. The fourth-order valence-electron chi connectivity index (χ4n) is 3.27. The van der Waals surface area contributed by atoms with Gasteiger partial charge in [-0.2, -0.15) is 0 Å².